The lowest BCUT2D eigenvalue weighted by Crippen LogP contribution is -2.48. The third-order valence-electron chi connectivity index (χ3n) is 4.45. The van der Waals surface area contributed by atoms with Gasteiger partial charge in [-0.15, -0.1) is 0 Å². The van der Waals surface area contributed by atoms with Gasteiger partial charge in [-0.25, -0.2) is 4.79 Å². The van der Waals surface area contributed by atoms with E-state index in [1.165, 1.54) is 11.7 Å². The maximum absolute atomic E-state index is 12.0. The number of carbonyl (C=O) groups is 2. The number of hydrogen-bond donors (Lipinski definition) is 1. The Morgan fingerprint density at radius 1 is 1.08 bits per heavy atom. The Morgan fingerprint density at radius 3 is 2.31 bits per heavy atom. The van der Waals surface area contributed by atoms with Gasteiger partial charge in [-0.1, -0.05) is 12.1 Å². The smallest absolute Gasteiger partial charge is 0.365 e. The van der Waals surface area contributed by atoms with Crippen molar-refractivity contribution in [2.75, 3.05) is 31.1 Å². The van der Waals surface area contributed by atoms with Crippen molar-refractivity contribution in [2.24, 2.45) is 0 Å². The summed E-state index contributed by atoms with van der Waals surface area (Å²) in [6.07, 6.45) is 1.58. The molecule has 1 aromatic carbocycles. The van der Waals surface area contributed by atoms with Gasteiger partial charge in [-0.2, -0.15) is 4.74 Å². The molecule has 1 saturated heterocycles. The first-order chi connectivity index (χ1) is 12.4. The maximum atomic E-state index is 12.0. The van der Waals surface area contributed by atoms with Gasteiger partial charge in [0, 0.05) is 45.7 Å². The zero-order valence-corrected chi connectivity index (χ0v) is 14.9. The molecule has 0 bridgehead atoms. The van der Waals surface area contributed by atoms with Crippen LogP contribution >= 0.6 is 0 Å². The Balaban J connectivity index is 1.69. The maximum Gasteiger partial charge on any atom is 0.365 e. The van der Waals surface area contributed by atoms with E-state index in [1.54, 1.807) is 13.1 Å². The first-order valence-electron chi connectivity index (χ1n) is 8.50. The quantitative estimate of drug-likeness (QED) is 0.876. The van der Waals surface area contributed by atoms with Gasteiger partial charge in [0.2, 0.25) is 11.8 Å². The fourth-order valence-corrected chi connectivity index (χ4v) is 2.97. The summed E-state index contributed by atoms with van der Waals surface area (Å²) in [5.74, 6) is -0.0902. The monoisotopic (exact) mass is 358 g/mol. The Labute approximate surface area is 150 Å². The number of nitrogens with zero attached hydrogens (tertiary/aromatic N) is 3. The van der Waals surface area contributed by atoms with Gasteiger partial charge in [0.05, 0.1) is 11.8 Å². The van der Waals surface area contributed by atoms with Gasteiger partial charge in [-0.3, -0.25) is 9.59 Å². The van der Waals surface area contributed by atoms with E-state index in [0.717, 1.165) is 24.3 Å². The Morgan fingerprint density at radius 2 is 1.73 bits per heavy atom. The molecular formula is C18H22N4O4. The highest BCUT2D eigenvalue weighted by atomic mass is 16.5. The second kappa shape index (κ2) is 7.47. The zero-order chi connectivity index (χ0) is 18.7. The molecule has 0 aliphatic carbocycles. The molecule has 8 heteroatoms. The van der Waals surface area contributed by atoms with Gasteiger partial charge in [0.15, 0.2) is 0 Å². The van der Waals surface area contributed by atoms with Crippen molar-refractivity contribution in [3.05, 3.63) is 40.9 Å². The summed E-state index contributed by atoms with van der Waals surface area (Å²) in [6, 6.07) is 7.68. The van der Waals surface area contributed by atoms with E-state index in [9.17, 15) is 14.4 Å². The number of aromatic nitrogens is 1. The normalized spacial score (nSPS) is 14.4. The van der Waals surface area contributed by atoms with Crippen molar-refractivity contribution in [1.82, 2.24) is 15.0 Å². The number of hydrogen-bond acceptors (Lipinski definition) is 5. The largest absolute Gasteiger partial charge is 0.368 e. The van der Waals surface area contributed by atoms with Crippen LogP contribution in [0.25, 0.3) is 11.1 Å². The topological polar surface area (TPSA) is 87.8 Å². The second-order valence-corrected chi connectivity index (χ2v) is 6.27. The predicted molar refractivity (Wildman–Crippen MR) is 96.7 cm³/mol. The lowest BCUT2D eigenvalue weighted by atomic mass is 10.1. The van der Waals surface area contributed by atoms with E-state index in [1.807, 2.05) is 29.2 Å². The van der Waals surface area contributed by atoms with E-state index < -0.39 is 5.63 Å². The van der Waals surface area contributed by atoms with Crippen molar-refractivity contribution in [3.63, 3.8) is 0 Å². The second-order valence-electron chi connectivity index (χ2n) is 6.27. The molecule has 1 aromatic heterocycles. The first kappa shape index (κ1) is 17.8. The molecule has 2 amide bonds. The third-order valence-corrected chi connectivity index (χ3v) is 4.45. The number of benzene rings is 1. The number of amides is 2. The number of rotatable bonds is 4. The van der Waals surface area contributed by atoms with E-state index in [2.05, 4.69) is 10.2 Å². The van der Waals surface area contributed by atoms with Crippen molar-refractivity contribution in [3.8, 4) is 11.1 Å². The van der Waals surface area contributed by atoms with Crippen molar-refractivity contribution < 1.29 is 14.1 Å². The molecule has 0 radical (unpaired) electrons. The average Bonchev–Trinajstić information content (AvgIpc) is 3.01. The van der Waals surface area contributed by atoms with Gasteiger partial charge in [0.1, 0.15) is 6.67 Å². The standard InChI is InChI=1S/C18H22N4O4/c1-13(23)19-12-22-11-17(18(25)26-22)15-3-5-16(6-4-15)21-9-7-20(8-10-21)14(2)24/h3-6,11H,7-10,12H2,1-2H3,(H,19,23). The molecule has 2 aromatic rings. The van der Waals surface area contributed by atoms with Crippen LogP contribution in [0.2, 0.25) is 0 Å². The lowest BCUT2D eigenvalue weighted by Gasteiger charge is -2.35. The molecule has 26 heavy (non-hydrogen) atoms. The third kappa shape index (κ3) is 3.96. The molecule has 0 unspecified atom stereocenters. The van der Waals surface area contributed by atoms with E-state index in [4.69, 9.17) is 4.52 Å². The van der Waals surface area contributed by atoms with Crippen LogP contribution in [0, 0.1) is 0 Å². The average molecular weight is 358 g/mol. The Hall–Kier alpha value is -3.03. The minimum Gasteiger partial charge on any atom is -0.368 e. The molecule has 1 fully saturated rings. The van der Waals surface area contributed by atoms with Crippen LogP contribution in [0.5, 0.6) is 0 Å². The summed E-state index contributed by atoms with van der Waals surface area (Å²) < 4.78 is 6.40. The van der Waals surface area contributed by atoms with E-state index in [0.29, 0.717) is 18.7 Å². The van der Waals surface area contributed by atoms with Gasteiger partial charge in [0.25, 0.3) is 0 Å². The lowest BCUT2D eigenvalue weighted by molar-refractivity contribution is -0.129. The number of piperazine rings is 1. The van der Waals surface area contributed by atoms with E-state index >= 15 is 0 Å². The number of carbonyl (C=O) groups excluding carboxylic acids is 2. The van der Waals surface area contributed by atoms with Crippen LogP contribution < -0.4 is 15.8 Å². The summed E-state index contributed by atoms with van der Waals surface area (Å²) in [6.45, 7) is 6.11. The van der Waals surface area contributed by atoms with Crippen LogP contribution in [0.15, 0.2) is 39.8 Å². The molecule has 1 N–H and O–H groups in total. The highest BCUT2D eigenvalue weighted by Gasteiger charge is 2.19. The van der Waals surface area contributed by atoms with Gasteiger partial charge < -0.3 is 19.6 Å². The van der Waals surface area contributed by atoms with Gasteiger partial charge in [-0.05, 0) is 17.7 Å². The molecule has 138 valence electrons. The predicted octanol–water partition coefficient (Wildman–Crippen LogP) is 0.870. The van der Waals surface area contributed by atoms with Crippen LogP contribution in [0.4, 0.5) is 5.69 Å². The molecule has 1 aliphatic heterocycles. The molecule has 3 rings (SSSR count). The highest BCUT2D eigenvalue weighted by Crippen LogP contribution is 2.22. The van der Waals surface area contributed by atoms with Gasteiger partial charge >= 0.3 is 5.63 Å². The minimum absolute atomic E-state index is 0.107. The SMILES string of the molecule is CC(=O)NCn1cc(-c2ccc(N3CCN(C(C)=O)CC3)cc2)c(=O)o1. The molecule has 8 nitrogen and oxygen atoms in total. The molecule has 0 spiro atoms. The minimum atomic E-state index is -0.446. The van der Waals surface area contributed by atoms with Crippen LogP contribution in [0.3, 0.4) is 0 Å². The van der Waals surface area contributed by atoms with Crippen LogP contribution in [0.1, 0.15) is 13.8 Å². The zero-order valence-electron chi connectivity index (χ0n) is 14.9. The van der Waals surface area contributed by atoms with Crippen molar-refractivity contribution in [1.29, 1.82) is 0 Å². The summed E-state index contributed by atoms with van der Waals surface area (Å²) in [5.41, 5.74) is 1.81. The van der Waals surface area contributed by atoms with Crippen LogP contribution in [-0.4, -0.2) is 47.6 Å². The van der Waals surface area contributed by atoms with Crippen molar-refractivity contribution >= 4 is 17.5 Å². The first-order valence-corrected chi connectivity index (χ1v) is 8.50. The molecule has 0 atom stereocenters. The Kier molecular flexibility index (Phi) is 5.11. The fourth-order valence-electron chi connectivity index (χ4n) is 2.97. The summed E-state index contributed by atoms with van der Waals surface area (Å²) >= 11 is 0. The molecule has 0 saturated carbocycles. The Bertz CT molecular complexity index is 845. The molecule has 2 heterocycles. The molecule has 1 aliphatic rings. The van der Waals surface area contributed by atoms with Crippen molar-refractivity contribution in [2.45, 2.75) is 20.5 Å². The van der Waals surface area contributed by atoms with E-state index in [-0.39, 0.29) is 18.5 Å². The molecular weight excluding hydrogens is 336 g/mol. The number of anilines is 1. The number of nitrogens with one attached hydrogen (secondary N) is 1. The fraction of sp³-hybridized carbons (Fsp3) is 0.389. The highest BCUT2D eigenvalue weighted by molar-refractivity contribution is 5.73. The summed E-state index contributed by atoms with van der Waals surface area (Å²) in [4.78, 5) is 38.4. The summed E-state index contributed by atoms with van der Waals surface area (Å²) in [7, 11) is 0. The summed E-state index contributed by atoms with van der Waals surface area (Å²) in [5, 5.41) is 2.57. The van der Waals surface area contributed by atoms with Crippen LogP contribution in [-0.2, 0) is 16.3 Å².